The van der Waals surface area contributed by atoms with Crippen LogP contribution < -0.4 is 20.3 Å². The van der Waals surface area contributed by atoms with Crippen LogP contribution in [0.2, 0.25) is 0 Å². The van der Waals surface area contributed by atoms with E-state index in [4.69, 9.17) is 0 Å². The smallest absolute Gasteiger partial charge is 0.241 e. The van der Waals surface area contributed by atoms with Gasteiger partial charge in [0.2, 0.25) is 10.0 Å². The molecule has 3 N–H and O–H groups in total. The van der Waals surface area contributed by atoms with E-state index >= 15 is 0 Å². The largest absolute Gasteiger partial charge is 0.377 e. The van der Waals surface area contributed by atoms with Crippen molar-refractivity contribution in [1.29, 1.82) is 0 Å². The van der Waals surface area contributed by atoms with Gasteiger partial charge in [-0.3, -0.25) is 0 Å². The van der Waals surface area contributed by atoms with Gasteiger partial charge in [0.05, 0.1) is 4.90 Å². The molecule has 0 unspecified atom stereocenters. The topological polar surface area (TPSA) is 76.7 Å². The Hall–Kier alpha value is -1.71. The van der Waals surface area contributed by atoms with Gasteiger partial charge in [-0.05, 0) is 39.2 Å². The second kappa shape index (κ2) is 11.5. The van der Waals surface area contributed by atoms with E-state index in [-0.39, 0.29) is 0 Å². The van der Waals surface area contributed by atoms with E-state index in [1.165, 1.54) is 0 Å². The molecule has 2 rings (SSSR count). The summed E-state index contributed by atoms with van der Waals surface area (Å²) in [6.45, 7) is 5.00. The van der Waals surface area contributed by atoms with Crippen molar-refractivity contribution in [1.82, 2.24) is 20.3 Å². The fourth-order valence-corrected chi connectivity index (χ4v) is 4.64. The predicted molar refractivity (Wildman–Crippen MR) is 122 cm³/mol. The summed E-state index contributed by atoms with van der Waals surface area (Å²) in [5.74, 6) is 0. The maximum atomic E-state index is 13.0. The zero-order chi connectivity index (χ0) is 21.3. The average Bonchev–Trinajstić information content (AvgIpc) is 2.71. The van der Waals surface area contributed by atoms with Crippen molar-refractivity contribution in [2.24, 2.45) is 0 Å². The van der Waals surface area contributed by atoms with Crippen molar-refractivity contribution < 1.29 is 8.42 Å². The summed E-state index contributed by atoms with van der Waals surface area (Å²) in [5, 5.41) is 8.01. The molecule has 0 radical (unpaired) electrons. The number of sulfonamides is 1. The molecular formula is C21H35N5O2S. The lowest BCUT2D eigenvalue weighted by molar-refractivity contribution is 0.274. The molecule has 2 aromatic rings. The zero-order valence-corrected chi connectivity index (χ0v) is 18.8. The van der Waals surface area contributed by atoms with Gasteiger partial charge in [-0.1, -0.05) is 24.3 Å². The maximum Gasteiger partial charge on any atom is 0.241 e. The van der Waals surface area contributed by atoms with Gasteiger partial charge in [0.1, 0.15) is 0 Å². The molecule has 0 spiro atoms. The van der Waals surface area contributed by atoms with E-state index in [2.05, 4.69) is 20.3 Å². The van der Waals surface area contributed by atoms with Gasteiger partial charge < -0.3 is 20.4 Å². The number of benzene rings is 2. The van der Waals surface area contributed by atoms with E-state index in [0.717, 1.165) is 55.6 Å². The van der Waals surface area contributed by atoms with Crippen molar-refractivity contribution >= 4 is 26.5 Å². The molecule has 0 saturated heterocycles. The Balaban J connectivity index is 2.05. The van der Waals surface area contributed by atoms with Gasteiger partial charge in [-0.25, -0.2) is 13.1 Å². The number of rotatable bonds is 13. The first-order valence-electron chi connectivity index (χ1n) is 10.1. The van der Waals surface area contributed by atoms with Gasteiger partial charge in [0, 0.05) is 63.3 Å². The molecular weight excluding hydrogens is 386 g/mol. The Morgan fingerprint density at radius 3 is 2.07 bits per heavy atom. The van der Waals surface area contributed by atoms with Crippen LogP contribution in [-0.2, 0) is 10.0 Å². The van der Waals surface area contributed by atoms with Crippen molar-refractivity contribution in [3.63, 3.8) is 0 Å². The van der Waals surface area contributed by atoms with Gasteiger partial charge in [-0.2, -0.15) is 0 Å². The van der Waals surface area contributed by atoms with Crippen LogP contribution in [0.1, 0.15) is 6.42 Å². The molecule has 162 valence electrons. The summed E-state index contributed by atoms with van der Waals surface area (Å²) in [6, 6.07) is 11.2. The van der Waals surface area contributed by atoms with E-state index in [1.807, 2.05) is 57.4 Å². The van der Waals surface area contributed by atoms with E-state index in [1.54, 1.807) is 12.1 Å². The lowest BCUT2D eigenvalue weighted by Crippen LogP contribution is -2.37. The highest BCUT2D eigenvalue weighted by Crippen LogP contribution is 2.30. The normalized spacial score (nSPS) is 12.0. The van der Waals surface area contributed by atoms with E-state index in [0.29, 0.717) is 11.4 Å². The third-order valence-corrected chi connectivity index (χ3v) is 6.45. The number of anilines is 1. The van der Waals surface area contributed by atoms with Crippen molar-refractivity contribution in [2.45, 2.75) is 11.3 Å². The molecule has 8 heteroatoms. The number of hydrogen-bond acceptors (Lipinski definition) is 6. The minimum Gasteiger partial charge on any atom is -0.377 e. The van der Waals surface area contributed by atoms with Gasteiger partial charge in [0.15, 0.2) is 0 Å². The minimum absolute atomic E-state index is 0.334. The van der Waals surface area contributed by atoms with Crippen LogP contribution in [0.25, 0.3) is 10.8 Å². The Morgan fingerprint density at radius 1 is 0.828 bits per heavy atom. The standard InChI is InChI=1S/C21H35N5O2S/c1-22-13-16-26(17-14-23-2)15-7-12-24-29(27,28)21-11-6-8-18-19(21)9-5-10-20(18)25(3)4/h5-6,8-11,22-24H,7,12-17H2,1-4H3. The van der Waals surface area contributed by atoms with E-state index < -0.39 is 10.0 Å². The first kappa shape index (κ1) is 23.6. The number of hydrogen-bond donors (Lipinski definition) is 3. The second-order valence-corrected chi connectivity index (χ2v) is 9.06. The molecule has 0 aliphatic heterocycles. The first-order chi connectivity index (χ1) is 13.9. The SMILES string of the molecule is CNCCN(CCCNS(=O)(=O)c1cccc2c(N(C)C)cccc12)CCNC. The molecule has 0 aromatic heterocycles. The second-order valence-electron chi connectivity index (χ2n) is 7.32. The Labute approximate surface area is 175 Å². The van der Waals surface area contributed by atoms with Crippen LogP contribution in [0, 0.1) is 0 Å². The molecule has 0 fully saturated rings. The molecule has 0 aliphatic carbocycles. The van der Waals surface area contributed by atoms with Crippen LogP contribution in [-0.4, -0.2) is 80.8 Å². The molecule has 0 aliphatic rings. The Morgan fingerprint density at radius 2 is 1.45 bits per heavy atom. The molecule has 0 atom stereocenters. The molecule has 7 nitrogen and oxygen atoms in total. The molecule has 0 bridgehead atoms. The lowest BCUT2D eigenvalue weighted by Gasteiger charge is -2.22. The van der Waals surface area contributed by atoms with E-state index in [9.17, 15) is 8.42 Å². The maximum absolute atomic E-state index is 13.0. The van der Waals surface area contributed by atoms with Crippen molar-refractivity contribution in [3.8, 4) is 0 Å². The summed E-state index contributed by atoms with van der Waals surface area (Å²) in [7, 11) is 4.23. The third-order valence-electron chi connectivity index (χ3n) is 4.93. The summed E-state index contributed by atoms with van der Waals surface area (Å²) >= 11 is 0. The fraction of sp³-hybridized carbons (Fsp3) is 0.524. The zero-order valence-electron chi connectivity index (χ0n) is 18.0. The quantitative estimate of drug-likeness (QED) is 0.424. The highest BCUT2D eigenvalue weighted by molar-refractivity contribution is 7.89. The predicted octanol–water partition coefficient (Wildman–Crippen LogP) is 1.32. The summed E-state index contributed by atoms with van der Waals surface area (Å²) in [6.07, 6.45) is 0.764. The van der Waals surface area contributed by atoms with Gasteiger partial charge in [0.25, 0.3) is 0 Å². The van der Waals surface area contributed by atoms with Crippen molar-refractivity contribution in [3.05, 3.63) is 36.4 Å². The monoisotopic (exact) mass is 421 g/mol. The number of likely N-dealkylation sites (N-methyl/N-ethyl adjacent to an activating group) is 2. The van der Waals surface area contributed by atoms with Crippen molar-refractivity contribution in [2.75, 3.05) is 72.4 Å². The molecule has 29 heavy (non-hydrogen) atoms. The summed E-state index contributed by atoms with van der Waals surface area (Å²) in [4.78, 5) is 4.67. The molecule has 0 heterocycles. The first-order valence-corrected chi connectivity index (χ1v) is 11.6. The van der Waals surface area contributed by atoms with Gasteiger partial charge in [-0.15, -0.1) is 0 Å². The fourth-order valence-electron chi connectivity index (χ4n) is 3.35. The van der Waals surface area contributed by atoms with Gasteiger partial charge >= 0.3 is 0 Å². The minimum atomic E-state index is -3.57. The lowest BCUT2D eigenvalue weighted by atomic mass is 10.1. The van der Waals surface area contributed by atoms with Crippen LogP contribution in [0.5, 0.6) is 0 Å². The molecule has 2 aromatic carbocycles. The molecule has 0 saturated carbocycles. The Kier molecular flexibility index (Phi) is 9.32. The number of fused-ring (bicyclic) bond motifs is 1. The third kappa shape index (κ3) is 6.65. The molecule has 0 amide bonds. The number of nitrogens with one attached hydrogen (secondary N) is 3. The van der Waals surface area contributed by atoms with Crippen LogP contribution >= 0.6 is 0 Å². The van der Waals surface area contributed by atoms with Crippen LogP contribution in [0.15, 0.2) is 41.3 Å². The summed E-state index contributed by atoms with van der Waals surface area (Å²) in [5.41, 5.74) is 1.00. The average molecular weight is 422 g/mol. The van der Waals surface area contributed by atoms with Crippen LogP contribution in [0.3, 0.4) is 0 Å². The summed E-state index contributed by atoms with van der Waals surface area (Å²) < 4.78 is 28.7. The highest BCUT2D eigenvalue weighted by Gasteiger charge is 2.18. The Bertz CT molecular complexity index is 863. The highest BCUT2D eigenvalue weighted by atomic mass is 32.2. The number of nitrogens with zero attached hydrogens (tertiary/aromatic N) is 2. The van der Waals surface area contributed by atoms with Crippen LogP contribution in [0.4, 0.5) is 5.69 Å².